The molecule has 0 aromatic heterocycles. The summed E-state index contributed by atoms with van der Waals surface area (Å²) in [7, 11) is 1.80. The van der Waals surface area contributed by atoms with E-state index in [0.717, 1.165) is 57.5 Å². The number of nitrogens with zero attached hydrogens (tertiary/aromatic N) is 1. The second-order valence-corrected chi connectivity index (χ2v) is 6.97. The Labute approximate surface area is 149 Å². The number of hydrogen-bond acceptors (Lipinski definition) is 4. The third-order valence-corrected chi connectivity index (χ3v) is 4.78. The molecule has 1 aromatic rings. The SMILES string of the molecule is CN=C(NCCCOC1CCOC1)NCCSc1ccc(C)cc1. The van der Waals surface area contributed by atoms with Crippen LogP contribution in [0.25, 0.3) is 0 Å². The lowest BCUT2D eigenvalue weighted by Crippen LogP contribution is -2.39. The molecule has 0 bridgehead atoms. The van der Waals surface area contributed by atoms with Gasteiger partial charge in [0.2, 0.25) is 0 Å². The fourth-order valence-electron chi connectivity index (χ4n) is 2.37. The summed E-state index contributed by atoms with van der Waals surface area (Å²) in [5.41, 5.74) is 1.30. The molecule has 1 unspecified atom stereocenters. The summed E-state index contributed by atoms with van der Waals surface area (Å²) in [5.74, 6) is 1.86. The van der Waals surface area contributed by atoms with Gasteiger partial charge in [0.25, 0.3) is 0 Å². The molecule has 6 heteroatoms. The van der Waals surface area contributed by atoms with Gasteiger partial charge in [-0.05, 0) is 31.9 Å². The zero-order valence-electron chi connectivity index (χ0n) is 14.7. The molecule has 24 heavy (non-hydrogen) atoms. The van der Waals surface area contributed by atoms with Gasteiger partial charge in [-0.2, -0.15) is 0 Å². The van der Waals surface area contributed by atoms with Gasteiger partial charge in [0.15, 0.2) is 5.96 Å². The van der Waals surface area contributed by atoms with Crippen molar-refractivity contribution >= 4 is 17.7 Å². The van der Waals surface area contributed by atoms with E-state index < -0.39 is 0 Å². The van der Waals surface area contributed by atoms with Gasteiger partial charge in [-0.25, -0.2) is 0 Å². The highest BCUT2D eigenvalue weighted by Gasteiger charge is 2.15. The fraction of sp³-hybridized carbons (Fsp3) is 0.611. The first-order chi connectivity index (χ1) is 11.8. The molecule has 2 rings (SSSR count). The van der Waals surface area contributed by atoms with Gasteiger partial charge >= 0.3 is 0 Å². The Morgan fingerprint density at radius 1 is 1.29 bits per heavy atom. The van der Waals surface area contributed by atoms with Crippen molar-refractivity contribution in [3.8, 4) is 0 Å². The van der Waals surface area contributed by atoms with E-state index in [0.29, 0.717) is 6.10 Å². The molecule has 1 atom stereocenters. The van der Waals surface area contributed by atoms with Gasteiger partial charge < -0.3 is 20.1 Å². The Balaban J connectivity index is 1.49. The quantitative estimate of drug-likeness (QED) is 0.310. The van der Waals surface area contributed by atoms with Gasteiger partial charge in [0.1, 0.15) is 0 Å². The average molecular weight is 352 g/mol. The molecule has 0 saturated carbocycles. The van der Waals surface area contributed by atoms with Crippen molar-refractivity contribution in [2.75, 3.05) is 45.7 Å². The van der Waals surface area contributed by atoms with E-state index in [1.807, 2.05) is 11.8 Å². The first-order valence-electron chi connectivity index (χ1n) is 8.61. The molecule has 0 aliphatic carbocycles. The van der Waals surface area contributed by atoms with Gasteiger partial charge in [-0.1, -0.05) is 17.7 Å². The summed E-state index contributed by atoms with van der Waals surface area (Å²) in [5, 5.41) is 6.66. The molecule has 1 aromatic carbocycles. The maximum Gasteiger partial charge on any atom is 0.191 e. The predicted molar refractivity (Wildman–Crippen MR) is 101 cm³/mol. The lowest BCUT2D eigenvalue weighted by Gasteiger charge is -2.13. The molecule has 1 aliphatic rings. The fourth-order valence-corrected chi connectivity index (χ4v) is 3.14. The third-order valence-electron chi connectivity index (χ3n) is 3.76. The number of aryl methyl sites for hydroxylation is 1. The number of rotatable bonds is 9. The predicted octanol–water partition coefficient (Wildman–Crippen LogP) is 2.45. The smallest absolute Gasteiger partial charge is 0.191 e. The Hall–Kier alpha value is -1.24. The van der Waals surface area contributed by atoms with Crippen molar-refractivity contribution in [3.63, 3.8) is 0 Å². The van der Waals surface area contributed by atoms with E-state index in [2.05, 4.69) is 46.8 Å². The van der Waals surface area contributed by atoms with E-state index in [4.69, 9.17) is 9.47 Å². The highest BCUT2D eigenvalue weighted by molar-refractivity contribution is 7.99. The third kappa shape index (κ3) is 7.55. The van der Waals surface area contributed by atoms with E-state index in [9.17, 15) is 0 Å². The van der Waals surface area contributed by atoms with E-state index in [1.165, 1.54) is 10.5 Å². The van der Waals surface area contributed by atoms with Crippen LogP contribution in [0, 0.1) is 6.92 Å². The number of aliphatic imine (C=N–C) groups is 1. The second-order valence-electron chi connectivity index (χ2n) is 5.80. The van der Waals surface area contributed by atoms with Crippen LogP contribution in [0.1, 0.15) is 18.4 Å². The first-order valence-corrected chi connectivity index (χ1v) is 9.60. The van der Waals surface area contributed by atoms with Gasteiger partial charge in [-0.3, -0.25) is 4.99 Å². The largest absolute Gasteiger partial charge is 0.379 e. The monoisotopic (exact) mass is 351 g/mol. The first kappa shape index (κ1) is 19.1. The van der Waals surface area contributed by atoms with Crippen LogP contribution in [-0.4, -0.2) is 57.8 Å². The molecule has 2 N–H and O–H groups in total. The van der Waals surface area contributed by atoms with Crippen LogP contribution < -0.4 is 10.6 Å². The number of thioether (sulfide) groups is 1. The standard InChI is InChI=1S/C18H29N3O2S/c1-15-4-6-17(7-5-15)24-13-10-21-18(19-2)20-9-3-11-23-16-8-12-22-14-16/h4-7,16H,3,8-14H2,1-2H3,(H2,19,20,21). The molecule has 5 nitrogen and oxygen atoms in total. The number of hydrogen-bond donors (Lipinski definition) is 2. The summed E-state index contributed by atoms with van der Waals surface area (Å²) in [4.78, 5) is 5.55. The van der Waals surface area contributed by atoms with Crippen LogP contribution in [-0.2, 0) is 9.47 Å². The maximum absolute atomic E-state index is 5.75. The summed E-state index contributed by atoms with van der Waals surface area (Å²) in [6, 6.07) is 8.64. The van der Waals surface area contributed by atoms with E-state index in [1.54, 1.807) is 7.05 Å². The molecule has 1 fully saturated rings. The van der Waals surface area contributed by atoms with Crippen LogP contribution in [0.5, 0.6) is 0 Å². The minimum Gasteiger partial charge on any atom is -0.379 e. The Kier molecular flexibility index (Phi) is 9.02. The van der Waals surface area contributed by atoms with Crippen molar-refractivity contribution in [2.24, 2.45) is 4.99 Å². The van der Waals surface area contributed by atoms with Gasteiger partial charge in [-0.15, -0.1) is 11.8 Å². The molecular weight excluding hydrogens is 322 g/mol. The van der Waals surface area contributed by atoms with Gasteiger partial charge in [0, 0.05) is 44.0 Å². The van der Waals surface area contributed by atoms with Crippen molar-refractivity contribution in [1.29, 1.82) is 0 Å². The molecule has 1 saturated heterocycles. The molecule has 1 heterocycles. The molecule has 0 radical (unpaired) electrons. The zero-order chi connectivity index (χ0) is 17.0. The van der Waals surface area contributed by atoms with Gasteiger partial charge in [0.05, 0.1) is 12.7 Å². The number of nitrogens with one attached hydrogen (secondary N) is 2. The van der Waals surface area contributed by atoms with Crippen molar-refractivity contribution in [3.05, 3.63) is 29.8 Å². The maximum atomic E-state index is 5.75. The van der Waals surface area contributed by atoms with Crippen molar-refractivity contribution < 1.29 is 9.47 Å². The minimum absolute atomic E-state index is 0.293. The van der Waals surface area contributed by atoms with E-state index >= 15 is 0 Å². The molecule has 0 amide bonds. The van der Waals surface area contributed by atoms with Crippen LogP contribution in [0.15, 0.2) is 34.2 Å². The second kappa shape index (κ2) is 11.3. The van der Waals surface area contributed by atoms with Crippen LogP contribution in [0.3, 0.4) is 0 Å². The number of ether oxygens (including phenoxy) is 2. The normalized spacial score (nSPS) is 17.9. The van der Waals surface area contributed by atoms with Crippen LogP contribution >= 0.6 is 11.8 Å². The average Bonchev–Trinajstić information content (AvgIpc) is 3.11. The number of guanidine groups is 1. The Bertz CT molecular complexity index is 488. The van der Waals surface area contributed by atoms with Crippen LogP contribution in [0.2, 0.25) is 0 Å². The molecular formula is C18H29N3O2S. The summed E-state index contributed by atoms with van der Waals surface area (Å²) < 4.78 is 11.0. The Morgan fingerprint density at radius 2 is 2.08 bits per heavy atom. The topological polar surface area (TPSA) is 54.9 Å². The summed E-state index contributed by atoms with van der Waals surface area (Å²) in [6.07, 6.45) is 2.28. The molecule has 134 valence electrons. The lowest BCUT2D eigenvalue weighted by molar-refractivity contribution is 0.0420. The van der Waals surface area contributed by atoms with Crippen molar-refractivity contribution in [2.45, 2.75) is 30.8 Å². The molecule has 1 aliphatic heterocycles. The summed E-state index contributed by atoms with van der Waals surface area (Å²) in [6.45, 7) is 6.20. The van der Waals surface area contributed by atoms with Crippen molar-refractivity contribution in [1.82, 2.24) is 10.6 Å². The zero-order valence-corrected chi connectivity index (χ0v) is 15.5. The highest BCUT2D eigenvalue weighted by atomic mass is 32.2. The van der Waals surface area contributed by atoms with Crippen LogP contribution in [0.4, 0.5) is 0 Å². The minimum atomic E-state index is 0.293. The van der Waals surface area contributed by atoms with E-state index in [-0.39, 0.29) is 0 Å². The molecule has 0 spiro atoms. The Morgan fingerprint density at radius 3 is 2.79 bits per heavy atom. The number of benzene rings is 1. The summed E-state index contributed by atoms with van der Waals surface area (Å²) >= 11 is 1.85. The highest BCUT2D eigenvalue weighted by Crippen LogP contribution is 2.17. The lowest BCUT2D eigenvalue weighted by atomic mass is 10.2.